The van der Waals surface area contributed by atoms with Crippen LogP contribution in [0.4, 0.5) is 0 Å². The van der Waals surface area contributed by atoms with E-state index in [4.69, 9.17) is 0 Å². The second-order valence-electron chi connectivity index (χ2n) is 5.46. The molecule has 21 heavy (non-hydrogen) atoms. The van der Waals surface area contributed by atoms with Crippen molar-refractivity contribution >= 4 is 5.78 Å². The van der Waals surface area contributed by atoms with Gasteiger partial charge in [0.1, 0.15) is 12.4 Å². The van der Waals surface area contributed by atoms with Gasteiger partial charge in [-0.2, -0.15) is 0 Å². The van der Waals surface area contributed by atoms with E-state index in [1.54, 1.807) is 0 Å². The summed E-state index contributed by atoms with van der Waals surface area (Å²) in [6, 6.07) is 6.12. The van der Waals surface area contributed by atoms with Crippen molar-refractivity contribution in [1.29, 1.82) is 0 Å². The number of hydrogen-bond donors (Lipinski definition) is 0. The van der Waals surface area contributed by atoms with Crippen LogP contribution in [0.3, 0.4) is 0 Å². The van der Waals surface area contributed by atoms with Crippen molar-refractivity contribution in [2.24, 2.45) is 7.05 Å². The molecule has 1 heterocycles. The van der Waals surface area contributed by atoms with Gasteiger partial charge >= 0.3 is 0 Å². The van der Waals surface area contributed by atoms with E-state index in [1.807, 2.05) is 41.0 Å². The summed E-state index contributed by atoms with van der Waals surface area (Å²) in [5, 5.41) is 0. The quantitative estimate of drug-likeness (QED) is 0.753. The number of carbonyl (C=O) groups is 1. The maximum atomic E-state index is 12.6. The van der Waals surface area contributed by atoms with Crippen LogP contribution >= 0.6 is 0 Å². The minimum absolute atomic E-state index is 0. The largest absolute Gasteiger partial charge is 0.295 e. The molecule has 0 saturated heterocycles. The standard InChI is InChI=1S/C17H23N2O.Y/c1-5-16(19-10-9-18(4)12-19)17(20)11-15-13(2)7-6-8-14(15)3;/h6-10,12,16H,5,11H2,1-4H3;/q+1;. The molecule has 1 radical (unpaired) electrons. The zero-order valence-electron chi connectivity index (χ0n) is 13.3. The topological polar surface area (TPSA) is 25.9 Å². The molecule has 0 aliphatic heterocycles. The van der Waals surface area contributed by atoms with Crippen LogP contribution in [0.2, 0.25) is 0 Å². The third-order valence-electron chi connectivity index (χ3n) is 3.90. The van der Waals surface area contributed by atoms with Crippen LogP contribution in [0.1, 0.15) is 36.1 Å². The van der Waals surface area contributed by atoms with Crippen molar-refractivity contribution in [3.8, 4) is 0 Å². The molecule has 0 bridgehead atoms. The number of benzene rings is 1. The number of ketones is 1. The van der Waals surface area contributed by atoms with Gasteiger partial charge in [0.05, 0.1) is 7.05 Å². The van der Waals surface area contributed by atoms with E-state index in [9.17, 15) is 4.79 Å². The second-order valence-corrected chi connectivity index (χ2v) is 5.46. The maximum Gasteiger partial charge on any atom is 0.244 e. The van der Waals surface area contributed by atoms with Gasteiger partial charge in [-0.1, -0.05) is 25.1 Å². The Labute approximate surface area is 152 Å². The van der Waals surface area contributed by atoms with Gasteiger partial charge in [0.15, 0.2) is 11.8 Å². The number of hydrogen-bond acceptors (Lipinski definition) is 1. The first-order valence-electron chi connectivity index (χ1n) is 7.13. The van der Waals surface area contributed by atoms with Crippen molar-refractivity contribution in [3.63, 3.8) is 0 Å². The van der Waals surface area contributed by atoms with Crippen molar-refractivity contribution < 1.29 is 42.1 Å². The normalized spacial score (nSPS) is 11.8. The number of imidazole rings is 1. The van der Waals surface area contributed by atoms with Gasteiger partial charge in [0.25, 0.3) is 0 Å². The van der Waals surface area contributed by atoms with Crippen LogP contribution < -0.4 is 4.57 Å². The molecule has 0 spiro atoms. The van der Waals surface area contributed by atoms with Crippen LogP contribution in [-0.2, 0) is 51.0 Å². The van der Waals surface area contributed by atoms with Crippen LogP contribution in [0, 0.1) is 13.8 Å². The second kappa shape index (κ2) is 8.00. The van der Waals surface area contributed by atoms with E-state index in [1.165, 1.54) is 16.7 Å². The van der Waals surface area contributed by atoms with Crippen LogP contribution in [0.25, 0.3) is 0 Å². The molecule has 3 nitrogen and oxygen atoms in total. The van der Waals surface area contributed by atoms with Gasteiger partial charge in [0, 0.05) is 39.1 Å². The molecule has 0 aliphatic rings. The molecule has 1 unspecified atom stereocenters. The van der Waals surface area contributed by atoms with E-state index < -0.39 is 0 Å². The maximum absolute atomic E-state index is 12.6. The van der Waals surface area contributed by atoms with Gasteiger partial charge in [0.2, 0.25) is 6.33 Å². The number of aromatic nitrogens is 2. The van der Waals surface area contributed by atoms with E-state index in [0.29, 0.717) is 6.42 Å². The smallest absolute Gasteiger partial charge is 0.244 e. The summed E-state index contributed by atoms with van der Waals surface area (Å²) >= 11 is 0. The molecular weight excluding hydrogens is 337 g/mol. The monoisotopic (exact) mass is 360 g/mol. The van der Waals surface area contributed by atoms with Crippen LogP contribution in [-0.4, -0.2) is 10.4 Å². The Morgan fingerprint density at radius 1 is 1.29 bits per heavy atom. The van der Waals surface area contributed by atoms with Gasteiger partial charge in [-0.25, -0.2) is 9.13 Å². The molecule has 0 fully saturated rings. The zero-order chi connectivity index (χ0) is 14.7. The SMILES string of the molecule is CCC(C(=O)Cc1c(C)cccc1C)n1cc[n+](C)c1.[Y]. The average Bonchev–Trinajstić information content (AvgIpc) is 2.81. The first kappa shape index (κ1) is 18.3. The molecule has 1 atom stereocenters. The summed E-state index contributed by atoms with van der Waals surface area (Å²) < 4.78 is 3.98. The third kappa shape index (κ3) is 4.34. The summed E-state index contributed by atoms with van der Waals surface area (Å²) in [5.74, 6) is 0.279. The molecule has 1 aromatic heterocycles. The van der Waals surface area contributed by atoms with Gasteiger partial charge in [-0.3, -0.25) is 4.79 Å². The average molecular weight is 360 g/mol. The number of Topliss-reactive ketones (excluding diaryl/α,β-unsaturated/α-hetero) is 1. The van der Waals surface area contributed by atoms with E-state index >= 15 is 0 Å². The first-order chi connectivity index (χ1) is 9.52. The first-order valence-corrected chi connectivity index (χ1v) is 7.13. The van der Waals surface area contributed by atoms with E-state index in [-0.39, 0.29) is 44.5 Å². The predicted molar refractivity (Wildman–Crippen MR) is 79.6 cm³/mol. The summed E-state index contributed by atoms with van der Waals surface area (Å²) in [7, 11) is 1.97. The molecule has 0 N–H and O–H groups in total. The minimum Gasteiger partial charge on any atom is -0.295 e. The molecule has 4 heteroatoms. The number of carbonyl (C=O) groups excluding carboxylic acids is 1. The Kier molecular flexibility index (Phi) is 6.95. The Morgan fingerprint density at radius 2 is 1.90 bits per heavy atom. The summed E-state index contributed by atoms with van der Waals surface area (Å²) in [4.78, 5) is 12.6. The molecule has 0 saturated carbocycles. The molecule has 2 rings (SSSR count). The van der Waals surface area contributed by atoms with Crippen molar-refractivity contribution in [3.05, 3.63) is 53.6 Å². The van der Waals surface area contributed by atoms with Crippen molar-refractivity contribution in [2.75, 3.05) is 0 Å². The van der Waals surface area contributed by atoms with Crippen LogP contribution in [0.15, 0.2) is 36.9 Å². The fraction of sp³-hybridized carbons (Fsp3) is 0.412. The Hall–Kier alpha value is -0.796. The summed E-state index contributed by atoms with van der Waals surface area (Å²) in [6.45, 7) is 6.21. The van der Waals surface area contributed by atoms with Gasteiger partial charge in [-0.15, -0.1) is 0 Å². The number of rotatable bonds is 5. The van der Waals surface area contributed by atoms with Crippen molar-refractivity contribution in [1.82, 2.24) is 4.57 Å². The zero-order valence-corrected chi connectivity index (χ0v) is 16.2. The molecule has 0 aliphatic carbocycles. The minimum atomic E-state index is -0.0739. The van der Waals surface area contributed by atoms with E-state index in [2.05, 4.69) is 32.9 Å². The number of nitrogens with zero attached hydrogens (tertiary/aromatic N) is 2. The third-order valence-corrected chi connectivity index (χ3v) is 3.90. The molecule has 1 aromatic carbocycles. The molecule has 109 valence electrons. The van der Waals surface area contributed by atoms with E-state index in [0.717, 1.165) is 6.42 Å². The van der Waals surface area contributed by atoms with Crippen molar-refractivity contribution in [2.45, 2.75) is 39.7 Å². The molecule has 0 amide bonds. The fourth-order valence-corrected chi connectivity index (χ4v) is 2.68. The fourth-order valence-electron chi connectivity index (χ4n) is 2.68. The molecule has 2 aromatic rings. The van der Waals surface area contributed by atoms with Crippen LogP contribution in [0.5, 0.6) is 0 Å². The number of aryl methyl sites for hydroxylation is 3. The Balaban J connectivity index is 0.00000220. The predicted octanol–water partition coefficient (Wildman–Crippen LogP) is 2.69. The summed E-state index contributed by atoms with van der Waals surface area (Å²) in [5.41, 5.74) is 3.57. The van der Waals surface area contributed by atoms with Gasteiger partial charge < -0.3 is 0 Å². The molecular formula is C17H23N2OY+. The summed E-state index contributed by atoms with van der Waals surface area (Å²) in [6.07, 6.45) is 7.24. The Morgan fingerprint density at radius 3 is 2.38 bits per heavy atom. The Bertz CT molecular complexity index is 599. The van der Waals surface area contributed by atoms with Gasteiger partial charge in [-0.05, 0) is 37.0 Å².